The standard InChI is InChI=1S/C15H18N2S/c1-11(2)10-16-15(18)17-14-9-5-7-12-6-3-4-8-13(12)14/h3-9,11H,10H2,1-2H3,(H2,16,17,18). The number of anilines is 1. The molecule has 0 spiro atoms. The van der Waals surface area contributed by atoms with Crippen molar-refractivity contribution < 1.29 is 0 Å². The summed E-state index contributed by atoms with van der Waals surface area (Å²) >= 11 is 5.30. The molecule has 2 N–H and O–H groups in total. The molecule has 2 rings (SSSR count). The Morgan fingerprint density at radius 1 is 1.11 bits per heavy atom. The van der Waals surface area contributed by atoms with E-state index < -0.39 is 0 Å². The highest BCUT2D eigenvalue weighted by molar-refractivity contribution is 7.80. The lowest BCUT2D eigenvalue weighted by Gasteiger charge is -2.13. The number of nitrogens with one attached hydrogen (secondary N) is 2. The number of hydrogen-bond donors (Lipinski definition) is 2. The molecule has 0 saturated heterocycles. The van der Waals surface area contributed by atoms with Crippen LogP contribution in [0.1, 0.15) is 13.8 Å². The molecule has 0 fully saturated rings. The summed E-state index contributed by atoms with van der Waals surface area (Å²) in [5.74, 6) is 0.581. The van der Waals surface area contributed by atoms with E-state index in [1.807, 2.05) is 24.3 Å². The predicted molar refractivity (Wildman–Crippen MR) is 83.0 cm³/mol. The van der Waals surface area contributed by atoms with Crippen LogP contribution in [0.15, 0.2) is 42.5 Å². The summed E-state index contributed by atoms with van der Waals surface area (Å²) < 4.78 is 0. The molecule has 2 aromatic rings. The van der Waals surface area contributed by atoms with E-state index in [0.717, 1.165) is 12.2 Å². The van der Waals surface area contributed by atoms with Crippen molar-refractivity contribution >= 4 is 33.8 Å². The van der Waals surface area contributed by atoms with Crippen molar-refractivity contribution in [1.29, 1.82) is 0 Å². The maximum absolute atomic E-state index is 5.30. The first-order valence-corrected chi connectivity index (χ1v) is 6.60. The maximum atomic E-state index is 5.30. The van der Waals surface area contributed by atoms with Gasteiger partial charge in [-0.25, -0.2) is 0 Å². The Balaban J connectivity index is 2.14. The second kappa shape index (κ2) is 5.83. The van der Waals surface area contributed by atoms with Crippen LogP contribution < -0.4 is 10.6 Å². The highest BCUT2D eigenvalue weighted by Gasteiger charge is 2.02. The van der Waals surface area contributed by atoms with Crippen LogP contribution >= 0.6 is 12.2 Å². The van der Waals surface area contributed by atoms with Crippen molar-refractivity contribution in [3.63, 3.8) is 0 Å². The molecule has 0 aliphatic rings. The lowest BCUT2D eigenvalue weighted by molar-refractivity contribution is 0.627. The van der Waals surface area contributed by atoms with Crippen LogP contribution in [0.4, 0.5) is 5.69 Å². The SMILES string of the molecule is CC(C)CNC(=S)Nc1cccc2ccccc12. The highest BCUT2D eigenvalue weighted by Crippen LogP contribution is 2.22. The van der Waals surface area contributed by atoms with Crippen LogP contribution in [0.25, 0.3) is 10.8 Å². The Labute approximate surface area is 113 Å². The van der Waals surface area contributed by atoms with Crippen LogP contribution in [0.5, 0.6) is 0 Å². The van der Waals surface area contributed by atoms with E-state index in [-0.39, 0.29) is 0 Å². The third-order valence-corrected chi connectivity index (χ3v) is 2.96. The van der Waals surface area contributed by atoms with Crippen LogP contribution in [0.3, 0.4) is 0 Å². The average Bonchev–Trinajstić information content (AvgIpc) is 2.37. The van der Waals surface area contributed by atoms with Gasteiger partial charge in [0.25, 0.3) is 0 Å². The fourth-order valence-corrected chi connectivity index (χ4v) is 1.99. The molecule has 0 heterocycles. The van der Waals surface area contributed by atoms with Gasteiger partial charge in [-0.3, -0.25) is 0 Å². The summed E-state index contributed by atoms with van der Waals surface area (Å²) in [4.78, 5) is 0. The first-order chi connectivity index (χ1) is 8.66. The molecule has 0 amide bonds. The van der Waals surface area contributed by atoms with E-state index in [1.54, 1.807) is 0 Å². The van der Waals surface area contributed by atoms with Gasteiger partial charge in [-0.1, -0.05) is 50.2 Å². The Morgan fingerprint density at radius 2 is 1.83 bits per heavy atom. The summed E-state index contributed by atoms with van der Waals surface area (Å²) in [6.07, 6.45) is 0. The first kappa shape index (κ1) is 12.8. The normalized spacial score (nSPS) is 10.6. The Bertz CT molecular complexity index is 544. The van der Waals surface area contributed by atoms with Crippen LogP contribution in [-0.4, -0.2) is 11.7 Å². The minimum absolute atomic E-state index is 0.581. The topological polar surface area (TPSA) is 24.1 Å². The Morgan fingerprint density at radius 3 is 2.61 bits per heavy atom. The number of hydrogen-bond acceptors (Lipinski definition) is 1. The zero-order valence-corrected chi connectivity index (χ0v) is 11.6. The largest absolute Gasteiger partial charge is 0.362 e. The molecule has 2 aromatic carbocycles. The van der Waals surface area contributed by atoms with Crippen molar-refractivity contribution in [2.75, 3.05) is 11.9 Å². The molecule has 0 unspecified atom stereocenters. The Hall–Kier alpha value is -1.61. The zero-order valence-electron chi connectivity index (χ0n) is 10.7. The van der Waals surface area contributed by atoms with Crippen LogP contribution in [-0.2, 0) is 0 Å². The predicted octanol–water partition coefficient (Wildman–Crippen LogP) is 3.78. The van der Waals surface area contributed by atoms with Crippen LogP contribution in [0, 0.1) is 5.92 Å². The molecule has 3 heteroatoms. The van der Waals surface area contributed by atoms with Gasteiger partial charge in [0.05, 0.1) is 0 Å². The van der Waals surface area contributed by atoms with Crippen molar-refractivity contribution in [3.8, 4) is 0 Å². The van der Waals surface area contributed by atoms with Gasteiger partial charge in [-0.05, 0) is 29.6 Å². The van der Waals surface area contributed by atoms with E-state index in [1.165, 1.54) is 10.8 Å². The maximum Gasteiger partial charge on any atom is 0.170 e. The van der Waals surface area contributed by atoms with Crippen molar-refractivity contribution in [3.05, 3.63) is 42.5 Å². The second-order valence-electron chi connectivity index (χ2n) is 4.76. The molecule has 0 aliphatic carbocycles. The minimum atomic E-state index is 0.581. The summed E-state index contributed by atoms with van der Waals surface area (Å²) in [5.41, 5.74) is 1.05. The molecule has 94 valence electrons. The van der Waals surface area contributed by atoms with E-state index in [2.05, 4.69) is 42.7 Å². The van der Waals surface area contributed by atoms with Gasteiger partial charge < -0.3 is 10.6 Å². The smallest absolute Gasteiger partial charge is 0.170 e. The van der Waals surface area contributed by atoms with Crippen molar-refractivity contribution in [2.45, 2.75) is 13.8 Å². The molecular formula is C15H18N2S. The van der Waals surface area contributed by atoms with E-state index in [0.29, 0.717) is 11.0 Å². The average molecular weight is 258 g/mol. The van der Waals surface area contributed by atoms with E-state index >= 15 is 0 Å². The Kier molecular flexibility index (Phi) is 4.15. The molecular weight excluding hydrogens is 240 g/mol. The van der Waals surface area contributed by atoms with Crippen LogP contribution in [0.2, 0.25) is 0 Å². The van der Waals surface area contributed by atoms with Crippen molar-refractivity contribution in [2.24, 2.45) is 5.92 Å². The lowest BCUT2D eigenvalue weighted by Crippen LogP contribution is -2.31. The molecule has 0 radical (unpaired) electrons. The van der Waals surface area contributed by atoms with E-state index in [4.69, 9.17) is 12.2 Å². The molecule has 18 heavy (non-hydrogen) atoms. The van der Waals surface area contributed by atoms with Gasteiger partial charge in [0.1, 0.15) is 0 Å². The third kappa shape index (κ3) is 3.20. The molecule has 0 saturated carbocycles. The van der Waals surface area contributed by atoms with Crippen molar-refractivity contribution in [1.82, 2.24) is 5.32 Å². The highest BCUT2D eigenvalue weighted by atomic mass is 32.1. The molecule has 0 atom stereocenters. The molecule has 0 aromatic heterocycles. The number of thiocarbonyl (C=S) groups is 1. The van der Waals surface area contributed by atoms with Gasteiger partial charge >= 0.3 is 0 Å². The summed E-state index contributed by atoms with van der Waals surface area (Å²) in [6.45, 7) is 5.21. The first-order valence-electron chi connectivity index (χ1n) is 6.19. The van der Waals surface area contributed by atoms with Gasteiger partial charge in [0, 0.05) is 17.6 Å². The van der Waals surface area contributed by atoms with E-state index in [9.17, 15) is 0 Å². The molecule has 0 aliphatic heterocycles. The fraction of sp³-hybridized carbons (Fsp3) is 0.267. The monoisotopic (exact) mass is 258 g/mol. The molecule has 2 nitrogen and oxygen atoms in total. The second-order valence-corrected chi connectivity index (χ2v) is 5.16. The summed E-state index contributed by atoms with van der Waals surface area (Å²) in [6, 6.07) is 14.5. The molecule has 0 bridgehead atoms. The quantitative estimate of drug-likeness (QED) is 0.819. The number of benzene rings is 2. The fourth-order valence-electron chi connectivity index (χ4n) is 1.80. The number of rotatable bonds is 3. The minimum Gasteiger partial charge on any atom is -0.362 e. The number of fused-ring (bicyclic) bond motifs is 1. The zero-order chi connectivity index (χ0) is 13.0. The van der Waals surface area contributed by atoms with Gasteiger partial charge in [-0.15, -0.1) is 0 Å². The summed E-state index contributed by atoms with van der Waals surface area (Å²) in [7, 11) is 0. The van der Waals surface area contributed by atoms with Gasteiger partial charge in [0.15, 0.2) is 5.11 Å². The van der Waals surface area contributed by atoms with Gasteiger partial charge in [-0.2, -0.15) is 0 Å². The lowest BCUT2D eigenvalue weighted by atomic mass is 10.1. The summed E-state index contributed by atoms with van der Waals surface area (Å²) in [5, 5.41) is 9.56. The third-order valence-electron chi connectivity index (χ3n) is 2.71. The van der Waals surface area contributed by atoms with Gasteiger partial charge in [0.2, 0.25) is 0 Å².